The summed E-state index contributed by atoms with van der Waals surface area (Å²) in [5.41, 5.74) is 3.05. The van der Waals surface area contributed by atoms with Gasteiger partial charge in [0.25, 0.3) is 0 Å². The minimum Gasteiger partial charge on any atom is -0.444 e. The molecule has 0 saturated carbocycles. The smallest absolute Gasteiger partial charge is 0.226 e. The molecular formula is C18H23N3O2. The summed E-state index contributed by atoms with van der Waals surface area (Å²) in [7, 11) is 0. The van der Waals surface area contributed by atoms with Crippen molar-refractivity contribution in [2.75, 3.05) is 19.6 Å². The number of hydrogen-bond donors (Lipinski definition) is 2. The van der Waals surface area contributed by atoms with Gasteiger partial charge in [-0.2, -0.15) is 0 Å². The molecule has 0 unspecified atom stereocenters. The molecule has 0 atom stereocenters. The number of amides is 1. The molecule has 0 spiro atoms. The molecule has 0 radical (unpaired) electrons. The molecule has 122 valence electrons. The number of nitrogens with one attached hydrogen (secondary N) is 2. The largest absolute Gasteiger partial charge is 0.444 e. The fourth-order valence-electron chi connectivity index (χ4n) is 2.79. The van der Waals surface area contributed by atoms with E-state index in [1.807, 2.05) is 24.3 Å². The zero-order valence-electron chi connectivity index (χ0n) is 13.5. The number of aryl methyl sites for hydroxylation is 1. The van der Waals surface area contributed by atoms with Crippen LogP contribution >= 0.6 is 0 Å². The lowest BCUT2D eigenvalue weighted by Gasteiger charge is -2.21. The van der Waals surface area contributed by atoms with Crippen molar-refractivity contribution in [3.63, 3.8) is 0 Å². The maximum absolute atomic E-state index is 12.1. The van der Waals surface area contributed by atoms with Crippen molar-refractivity contribution in [2.24, 2.45) is 5.92 Å². The standard InChI is InChI=1S/C18H23N3O2/c1-13-2-4-15(5-3-13)18-21-16(12-23-18)8-11-20-17(22)14-6-9-19-10-7-14/h2-5,12,14,19H,6-11H2,1H3,(H,20,22). The van der Waals surface area contributed by atoms with Crippen LogP contribution in [0.4, 0.5) is 0 Å². The number of benzene rings is 1. The van der Waals surface area contributed by atoms with E-state index in [2.05, 4.69) is 22.5 Å². The first-order valence-electron chi connectivity index (χ1n) is 8.22. The second-order valence-electron chi connectivity index (χ2n) is 6.08. The quantitative estimate of drug-likeness (QED) is 0.889. The molecule has 1 saturated heterocycles. The SMILES string of the molecule is Cc1ccc(-c2nc(CCNC(=O)C3CCNCC3)co2)cc1. The maximum Gasteiger partial charge on any atom is 0.226 e. The zero-order chi connectivity index (χ0) is 16.1. The predicted octanol–water partition coefficient (Wildman–Crippen LogP) is 2.31. The molecule has 5 nitrogen and oxygen atoms in total. The number of nitrogens with zero attached hydrogens (tertiary/aromatic N) is 1. The second kappa shape index (κ2) is 7.42. The molecule has 0 aliphatic carbocycles. The Bertz CT molecular complexity index is 643. The van der Waals surface area contributed by atoms with Crippen LogP contribution in [-0.2, 0) is 11.2 Å². The van der Waals surface area contributed by atoms with Gasteiger partial charge in [-0.1, -0.05) is 17.7 Å². The van der Waals surface area contributed by atoms with Crippen LogP contribution in [0.5, 0.6) is 0 Å². The van der Waals surface area contributed by atoms with Crippen LogP contribution in [0.15, 0.2) is 34.9 Å². The summed E-state index contributed by atoms with van der Waals surface area (Å²) in [6.45, 7) is 4.51. The molecule has 23 heavy (non-hydrogen) atoms. The van der Waals surface area contributed by atoms with Crippen molar-refractivity contribution in [3.05, 3.63) is 41.8 Å². The van der Waals surface area contributed by atoms with Crippen molar-refractivity contribution in [1.29, 1.82) is 0 Å². The molecular weight excluding hydrogens is 290 g/mol. The minimum atomic E-state index is 0.150. The van der Waals surface area contributed by atoms with Gasteiger partial charge in [0, 0.05) is 24.4 Å². The number of rotatable bonds is 5. The molecule has 0 bridgehead atoms. The highest BCUT2D eigenvalue weighted by Gasteiger charge is 2.20. The van der Waals surface area contributed by atoms with Crippen LogP contribution < -0.4 is 10.6 Å². The summed E-state index contributed by atoms with van der Waals surface area (Å²) in [5, 5.41) is 6.28. The van der Waals surface area contributed by atoms with Crippen molar-refractivity contribution >= 4 is 5.91 Å². The molecule has 1 aromatic carbocycles. The van der Waals surface area contributed by atoms with Crippen molar-refractivity contribution < 1.29 is 9.21 Å². The second-order valence-corrected chi connectivity index (χ2v) is 6.08. The normalized spacial score (nSPS) is 15.5. The van der Waals surface area contributed by atoms with E-state index in [1.165, 1.54) is 5.56 Å². The van der Waals surface area contributed by atoms with Crippen LogP contribution in [0.25, 0.3) is 11.5 Å². The van der Waals surface area contributed by atoms with Gasteiger partial charge in [0.05, 0.1) is 5.69 Å². The highest BCUT2D eigenvalue weighted by atomic mass is 16.3. The Morgan fingerprint density at radius 2 is 2.04 bits per heavy atom. The molecule has 1 fully saturated rings. The lowest BCUT2D eigenvalue weighted by atomic mass is 9.97. The van der Waals surface area contributed by atoms with Crippen LogP contribution in [0, 0.1) is 12.8 Å². The van der Waals surface area contributed by atoms with Gasteiger partial charge < -0.3 is 15.1 Å². The Morgan fingerprint density at radius 3 is 2.78 bits per heavy atom. The number of carbonyl (C=O) groups is 1. The topological polar surface area (TPSA) is 67.2 Å². The fourth-order valence-corrected chi connectivity index (χ4v) is 2.79. The Labute approximate surface area is 136 Å². The Morgan fingerprint density at radius 1 is 1.30 bits per heavy atom. The van der Waals surface area contributed by atoms with Crippen LogP contribution in [-0.4, -0.2) is 30.5 Å². The van der Waals surface area contributed by atoms with Crippen molar-refractivity contribution in [2.45, 2.75) is 26.2 Å². The van der Waals surface area contributed by atoms with E-state index >= 15 is 0 Å². The maximum atomic E-state index is 12.1. The lowest BCUT2D eigenvalue weighted by Crippen LogP contribution is -2.38. The summed E-state index contributed by atoms with van der Waals surface area (Å²) in [6, 6.07) is 8.09. The Hall–Kier alpha value is -2.14. The molecule has 1 aromatic heterocycles. The highest BCUT2D eigenvalue weighted by Crippen LogP contribution is 2.19. The van der Waals surface area contributed by atoms with E-state index in [4.69, 9.17) is 4.42 Å². The lowest BCUT2D eigenvalue weighted by molar-refractivity contribution is -0.125. The van der Waals surface area contributed by atoms with Gasteiger partial charge in [0.1, 0.15) is 6.26 Å². The Kier molecular flexibility index (Phi) is 5.08. The van der Waals surface area contributed by atoms with Gasteiger partial charge in [-0.3, -0.25) is 4.79 Å². The summed E-state index contributed by atoms with van der Waals surface area (Å²) in [4.78, 5) is 16.6. The van der Waals surface area contributed by atoms with Gasteiger partial charge >= 0.3 is 0 Å². The molecule has 1 aliphatic rings. The predicted molar refractivity (Wildman–Crippen MR) is 89.0 cm³/mol. The molecule has 2 aromatic rings. The number of carbonyl (C=O) groups excluding carboxylic acids is 1. The first-order chi connectivity index (χ1) is 11.2. The minimum absolute atomic E-state index is 0.150. The number of oxazole rings is 1. The molecule has 1 amide bonds. The molecule has 5 heteroatoms. The average molecular weight is 313 g/mol. The summed E-state index contributed by atoms with van der Waals surface area (Å²) in [6.07, 6.45) is 4.21. The summed E-state index contributed by atoms with van der Waals surface area (Å²) >= 11 is 0. The Balaban J connectivity index is 1.49. The third kappa shape index (κ3) is 4.20. The van der Waals surface area contributed by atoms with Crippen LogP contribution in [0.2, 0.25) is 0 Å². The highest BCUT2D eigenvalue weighted by molar-refractivity contribution is 5.78. The number of piperidine rings is 1. The van der Waals surface area contributed by atoms with E-state index in [-0.39, 0.29) is 11.8 Å². The third-order valence-corrected chi connectivity index (χ3v) is 4.24. The number of aromatic nitrogens is 1. The molecule has 2 N–H and O–H groups in total. The van der Waals surface area contributed by atoms with Gasteiger partial charge in [-0.15, -0.1) is 0 Å². The van der Waals surface area contributed by atoms with Gasteiger partial charge in [-0.05, 0) is 45.0 Å². The van der Waals surface area contributed by atoms with Gasteiger partial charge in [0.2, 0.25) is 11.8 Å². The van der Waals surface area contributed by atoms with E-state index in [0.29, 0.717) is 18.9 Å². The van der Waals surface area contributed by atoms with Crippen LogP contribution in [0.3, 0.4) is 0 Å². The van der Waals surface area contributed by atoms with Crippen molar-refractivity contribution in [1.82, 2.24) is 15.6 Å². The van der Waals surface area contributed by atoms with E-state index in [9.17, 15) is 4.79 Å². The van der Waals surface area contributed by atoms with Crippen LogP contribution in [0.1, 0.15) is 24.1 Å². The van der Waals surface area contributed by atoms with Gasteiger partial charge in [0.15, 0.2) is 0 Å². The van der Waals surface area contributed by atoms with E-state index < -0.39 is 0 Å². The molecule has 3 rings (SSSR count). The average Bonchev–Trinajstić information content (AvgIpc) is 3.05. The van der Waals surface area contributed by atoms with E-state index in [0.717, 1.165) is 37.2 Å². The monoisotopic (exact) mass is 313 g/mol. The summed E-state index contributed by atoms with van der Waals surface area (Å²) < 4.78 is 5.53. The number of hydrogen-bond acceptors (Lipinski definition) is 4. The van der Waals surface area contributed by atoms with Crippen molar-refractivity contribution in [3.8, 4) is 11.5 Å². The van der Waals surface area contributed by atoms with E-state index in [1.54, 1.807) is 6.26 Å². The molecule has 2 heterocycles. The summed E-state index contributed by atoms with van der Waals surface area (Å²) in [5.74, 6) is 0.940. The van der Waals surface area contributed by atoms with Gasteiger partial charge in [-0.25, -0.2) is 4.98 Å². The molecule has 1 aliphatic heterocycles. The zero-order valence-corrected chi connectivity index (χ0v) is 13.5. The third-order valence-electron chi connectivity index (χ3n) is 4.24. The first kappa shape index (κ1) is 15.7. The first-order valence-corrected chi connectivity index (χ1v) is 8.22. The fraction of sp³-hybridized carbons (Fsp3) is 0.444.